The Morgan fingerprint density at radius 1 is 1.29 bits per heavy atom. The average molecular weight is 210 g/mol. The van der Waals surface area contributed by atoms with Gasteiger partial charge in [-0.15, -0.1) is 11.8 Å². The highest BCUT2D eigenvalue weighted by atomic mass is 32.2. The molecule has 0 spiro atoms. The van der Waals surface area contributed by atoms with E-state index in [1.807, 2.05) is 11.8 Å². The summed E-state index contributed by atoms with van der Waals surface area (Å²) in [7, 11) is 0. The van der Waals surface area contributed by atoms with Crippen LogP contribution in [-0.4, -0.2) is 12.3 Å². The molecule has 1 unspecified atom stereocenters. The second kappa shape index (κ2) is 6.06. The molecule has 0 aliphatic carbocycles. The maximum Gasteiger partial charge on any atom is 0.0306 e. The van der Waals surface area contributed by atoms with E-state index < -0.39 is 0 Å². The molecule has 14 heavy (non-hydrogen) atoms. The van der Waals surface area contributed by atoms with Gasteiger partial charge in [-0.25, -0.2) is 0 Å². The van der Waals surface area contributed by atoms with Crippen molar-refractivity contribution in [3.8, 4) is 0 Å². The Hall–Kier alpha value is -0.510. The highest BCUT2D eigenvalue weighted by Gasteiger charge is 2.03. The molecule has 4 N–H and O–H groups in total. The first kappa shape index (κ1) is 11.6. The van der Waals surface area contributed by atoms with Gasteiger partial charge in [-0.2, -0.15) is 0 Å². The zero-order valence-electron chi connectivity index (χ0n) is 8.57. The van der Waals surface area contributed by atoms with Crippen LogP contribution >= 0.6 is 11.8 Å². The Morgan fingerprint density at radius 2 is 1.93 bits per heavy atom. The summed E-state index contributed by atoms with van der Waals surface area (Å²) in [6.07, 6.45) is 0.847. The lowest BCUT2D eigenvalue weighted by Gasteiger charge is -2.10. The van der Waals surface area contributed by atoms with Gasteiger partial charge in [0.1, 0.15) is 0 Å². The van der Waals surface area contributed by atoms with E-state index in [9.17, 15) is 0 Å². The molecule has 1 aromatic carbocycles. The van der Waals surface area contributed by atoms with Crippen LogP contribution in [0.3, 0.4) is 0 Å². The van der Waals surface area contributed by atoms with Crippen LogP contribution in [0.15, 0.2) is 29.2 Å². The Morgan fingerprint density at radius 3 is 2.43 bits per heavy atom. The molecule has 2 nitrogen and oxygen atoms in total. The Labute approximate surface area is 90.1 Å². The van der Waals surface area contributed by atoms with Crippen molar-refractivity contribution in [2.24, 2.45) is 11.5 Å². The first-order valence-corrected chi connectivity index (χ1v) is 5.95. The lowest BCUT2D eigenvalue weighted by atomic mass is 10.1. The van der Waals surface area contributed by atoms with Gasteiger partial charge in [0.2, 0.25) is 0 Å². The second-order valence-electron chi connectivity index (χ2n) is 3.19. The summed E-state index contributed by atoms with van der Waals surface area (Å²) in [5, 5.41) is 0. The fraction of sp³-hybridized carbons (Fsp3) is 0.455. The first-order valence-electron chi connectivity index (χ1n) is 4.96. The fourth-order valence-electron chi connectivity index (χ4n) is 1.32. The maximum atomic E-state index is 5.94. The van der Waals surface area contributed by atoms with Crippen LogP contribution in [0.4, 0.5) is 0 Å². The highest BCUT2D eigenvalue weighted by Crippen LogP contribution is 2.20. The van der Waals surface area contributed by atoms with E-state index in [1.165, 1.54) is 10.5 Å². The minimum atomic E-state index is 0.0840. The number of hydrogen-bond donors (Lipinski definition) is 2. The molecule has 1 atom stereocenters. The summed E-state index contributed by atoms with van der Waals surface area (Å²) >= 11 is 1.84. The van der Waals surface area contributed by atoms with Crippen LogP contribution < -0.4 is 11.5 Å². The fourth-order valence-corrected chi connectivity index (χ4v) is 1.99. The molecule has 0 aliphatic rings. The maximum absolute atomic E-state index is 5.94. The third kappa shape index (κ3) is 3.33. The van der Waals surface area contributed by atoms with Gasteiger partial charge in [-0.05, 0) is 36.4 Å². The molecule has 1 rings (SSSR count). The van der Waals surface area contributed by atoms with Gasteiger partial charge in [-0.1, -0.05) is 19.1 Å². The van der Waals surface area contributed by atoms with Gasteiger partial charge >= 0.3 is 0 Å². The van der Waals surface area contributed by atoms with Crippen molar-refractivity contribution in [2.75, 3.05) is 12.3 Å². The number of nitrogens with two attached hydrogens (primary N) is 2. The average Bonchev–Trinajstić information content (AvgIpc) is 2.20. The Balaban J connectivity index is 2.62. The quantitative estimate of drug-likeness (QED) is 0.732. The summed E-state index contributed by atoms with van der Waals surface area (Å²) in [6, 6.07) is 8.52. The molecule has 0 saturated carbocycles. The van der Waals surface area contributed by atoms with Gasteiger partial charge in [0.15, 0.2) is 0 Å². The summed E-state index contributed by atoms with van der Waals surface area (Å²) < 4.78 is 0. The molecule has 0 radical (unpaired) electrons. The third-order valence-corrected chi connectivity index (χ3v) is 2.99. The van der Waals surface area contributed by atoms with Crippen molar-refractivity contribution in [3.05, 3.63) is 29.8 Å². The standard InChI is InChI=1S/C11H18N2S/c1-2-14-10-5-3-9(4-6-10)11(13)7-8-12/h3-6,11H,2,7-8,12-13H2,1H3. The minimum Gasteiger partial charge on any atom is -0.330 e. The van der Waals surface area contributed by atoms with Crippen molar-refractivity contribution in [3.63, 3.8) is 0 Å². The minimum absolute atomic E-state index is 0.0840. The largest absolute Gasteiger partial charge is 0.330 e. The van der Waals surface area contributed by atoms with Crippen LogP contribution in [0.2, 0.25) is 0 Å². The Kier molecular flexibility index (Phi) is 5.01. The predicted octanol–water partition coefficient (Wildman–Crippen LogP) is 2.15. The molecule has 0 fully saturated rings. The highest BCUT2D eigenvalue weighted by molar-refractivity contribution is 7.99. The molecule has 1 aromatic rings. The van der Waals surface area contributed by atoms with Crippen molar-refractivity contribution in [1.29, 1.82) is 0 Å². The third-order valence-electron chi connectivity index (χ3n) is 2.10. The number of thioether (sulfide) groups is 1. The van der Waals surface area contributed by atoms with E-state index in [0.29, 0.717) is 6.54 Å². The van der Waals surface area contributed by atoms with Gasteiger partial charge in [0, 0.05) is 10.9 Å². The first-order chi connectivity index (χ1) is 6.77. The van der Waals surface area contributed by atoms with Gasteiger partial charge in [0.25, 0.3) is 0 Å². The number of benzene rings is 1. The molecule has 0 saturated heterocycles. The lowest BCUT2D eigenvalue weighted by Crippen LogP contribution is -2.15. The van der Waals surface area contributed by atoms with Crippen LogP contribution in [-0.2, 0) is 0 Å². The summed E-state index contributed by atoms with van der Waals surface area (Å²) in [5.41, 5.74) is 12.6. The van der Waals surface area contributed by atoms with E-state index >= 15 is 0 Å². The van der Waals surface area contributed by atoms with Gasteiger partial charge < -0.3 is 11.5 Å². The lowest BCUT2D eigenvalue weighted by molar-refractivity contribution is 0.661. The van der Waals surface area contributed by atoms with Crippen LogP contribution in [0, 0.1) is 0 Å². The summed E-state index contributed by atoms with van der Waals surface area (Å²) in [4.78, 5) is 1.30. The topological polar surface area (TPSA) is 52.0 Å². The molecular weight excluding hydrogens is 192 g/mol. The SMILES string of the molecule is CCSc1ccc(C(N)CCN)cc1. The zero-order chi connectivity index (χ0) is 10.4. The molecule has 0 aliphatic heterocycles. The zero-order valence-corrected chi connectivity index (χ0v) is 9.39. The van der Waals surface area contributed by atoms with E-state index in [2.05, 4.69) is 31.2 Å². The number of rotatable bonds is 5. The van der Waals surface area contributed by atoms with Crippen molar-refractivity contribution < 1.29 is 0 Å². The summed E-state index contributed by atoms with van der Waals surface area (Å²) in [5.74, 6) is 1.11. The smallest absolute Gasteiger partial charge is 0.0306 e. The van der Waals surface area contributed by atoms with E-state index in [4.69, 9.17) is 11.5 Å². The second-order valence-corrected chi connectivity index (χ2v) is 4.52. The van der Waals surface area contributed by atoms with Gasteiger partial charge in [-0.3, -0.25) is 0 Å². The van der Waals surface area contributed by atoms with Crippen LogP contribution in [0.1, 0.15) is 24.9 Å². The molecule has 3 heteroatoms. The van der Waals surface area contributed by atoms with E-state index in [0.717, 1.165) is 12.2 Å². The molecule has 0 bridgehead atoms. The monoisotopic (exact) mass is 210 g/mol. The molecule has 0 amide bonds. The van der Waals surface area contributed by atoms with Crippen molar-refractivity contribution >= 4 is 11.8 Å². The van der Waals surface area contributed by atoms with Crippen molar-refractivity contribution in [2.45, 2.75) is 24.3 Å². The molecule has 0 aromatic heterocycles. The summed E-state index contributed by atoms with van der Waals surface area (Å²) in [6.45, 7) is 2.80. The molecular formula is C11H18N2S. The van der Waals surface area contributed by atoms with E-state index in [1.54, 1.807) is 0 Å². The molecule has 78 valence electrons. The number of hydrogen-bond acceptors (Lipinski definition) is 3. The van der Waals surface area contributed by atoms with Crippen LogP contribution in [0.5, 0.6) is 0 Å². The van der Waals surface area contributed by atoms with Gasteiger partial charge in [0.05, 0.1) is 0 Å². The van der Waals surface area contributed by atoms with E-state index in [-0.39, 0.29) is 6.04 Å². The van der Waals surface area contributed by atoms with Crippen molar-refractivity contribution in [1.82, 2.24) is 0 Å². The predicted molar refractivity (Wildman–Crippen MR) is 63.4 cm³/mol. The Bertz CT molecular complexity index is 258. The molecule has 0 heterocycles. The normalized spacial score (nSPS) is 12.8. The van der Waals surface area contributed by atoms with Crippen LogP contribution in [0.25, 0.3) is 0 Å².